The zero-order valence-electron chi connectivity index (χ0n) is 6.90. The summed E-state index contributed by atoms with van der Waals surface area (Å²) in [5.41, 5.74) is 1.80. The molecule has 3 heteroatoms. The van der Waals surface area contributed by atoms with Gasteiger partial charge >= 0.3 is 0 Å². The van der Waals surface area contributed by atoms with Crippen molar-refractivity contribution < 1.29 is 4.79 Å². The standard InChI is InChI=1S/C10H8BrNO/c11-6-10(13)8-5-9-3-1-2-4-12(9)7-8/h1-5,7H,6H2. The fourth-order valence-electron chi connectivity index (χ4n) is 1.28. The van der Waals surface area contributed by atoms with Crippen LogP contribution in [-0.2, 0) is 0 Å². The molecule has 0 spiro atoms. The maximum atomic E-state index is 11.3. The summed E-state index contributed by atoms with van der Waals surface area (Å²) in [5.74, 6) is 0.115. The molecular weight excluding hydrogens is 230 g/mol. The summed E-state index contributed by atoms with van der Waals surface area (Å²) in [4.78, 5) is 11.3. The normalized spacial score (nSPS) is 10.5. The topological polar surface area (TPSA) is 21.5 Å². The highest BCUT2D eigenvalue weighted by molar-refractivity contribution is 9.09. The Balaban J connectivity index is 2.56. The number of ketones is 1. The average molecular weight is 238 g/mol. The van der Waals surface area contributed by atoms with Crippen molar-refractivity contribution in [2.24, 2.45) is 0 Å². The molecule has 2 aromatic heterocycles. The fourth-order valence-corrected chi connectivity index (χ4v) is 1.61. The number of rotatable bonds is 2. The number of nitrogens with zero attached hydrogens (tertiary/aromatic N) is 1. The van der Waals surface area contributed by atoms with Crippen LogP contribution in [0.3, 0.4) is 0 Å². The largest absolute Gasteiger partial charge is 0.323 e. The van der Waals surface area contributed by atoms with E-state index in [2.05, 4.69) is 15.9 Å². The molecular formula is C10H8BrNO. The summed E-state index contributed by atoms with van der Waals surface area (Å²) in [7, 11) is 0. The number of hydrogen-bond acceptors (Lipinski definition) is 1. The Hall–Kier alpha value is -1.09. The maximum Gasteiger partial charge on any atom is 0.174 e. The Morgan fingerprint density at radius 3 is 3.00 bits per heavy atom. The quantitative estimate of drug-likeness (QED) is 0.581. The lowest BCUT2D eigenvalue weighted by Crippen LogP contribution is -1.96. The van der Waals surface area contributed by atoms with Gasteiger partial charge in [-0.05, 0) is 18.2 Å². The Labute approximate surface area is 84.3 Å². The summed E-state index contributed by atoms with van der Waals surface area (Å²) >= 11 is 3.15. The van der Waals surface area contributed by atoms with Gasteiger partial charge in [-0.2, -0.15) is 0 Å². The van der Waals surface area contributed by atoms with Crippen LogP contribution >= 0.6 is 15.9 Å². The second-order valence-electron chi connectivity index (χ2n) is 2.82. The molecule has 0 aliphatic rings. The first-order chi connectivity index (χ1) is 6.31. The van der Waals surface area contributed by atoms with Crippen molar-refractivity contribution in [1.29, 1.82) is 0 Å². The zero-order valence-corrected chi connectivity index (χ0v) is 8.49. The second kappa shape index (κ2) is 3.34. The molecule has 0 aromatic carbocycles. The van der Waals surface area contributed by atoms with Crippen LogP contribution in [0.4, 0.5) is 0 Å². The molecule has 0 N–H and O–H groups in total. The molecule has 2 nitrogen and oxygen atoms in total. The van der Waals surface area contributed by atoms with Gasteiger partial charge in [0.05, 0.1) is 5.33 Å². The molecule has 0 saturated heterocycles. The molecule has 13 heavy (non-hydrogen) atoms. The highest BCUT2D eigenvalue weighted by atomic mass is 79.9. The number of Topliss-reactive ketones (excluding diaryl/α,β-unsaturated/α-hetero) is 1. The molecule has 0 fully saturated rings. The number of aromatic nitrogens is 1. The van der Waals surface area contributed by atoms with Crippen LogP contribution < -0.4 is 0 Å². The van der Waals surface area contributed by atoms with Gasteiger partial charge in [0.15, 0.2) is 5.78 Å². The van der Waals surface area contributed by atoms with Crippen molar-refractivity contribution in [3.8, 4) is 0 Å². The molecule has 0 amide bonds. The van der Waals surface area contributed by atoms with Gasteiger partial charge in [-0.3, -0.25) is 4.79 Å². The molecule has 0 aliphatic heterocycles. The first-order valence-electron chi connectivity index (χ1n) is 3.97. The van der Waals surface area contributed by atoms with Crippen molar-refractivity contribution >= 4 is 27.2 Å². The molecule has 2 heterocycles. The molecule has 2 rings (SSSR count). The van der Waals surface area contributed by atoms with E-state index in [1.54, 1.807) is 0 Å². The molecule has 0 bridgehead atoms. The first kappa shape index (κ1) is 8.51. The Morgan fingerprint density at radius 1 is 1.46 bits per heavy atom. The lowest BCUT2D eigenvalue weighted by molar-refractivity contribution is 0.102. The van der Waals surface area contributed by atoms with Gasteiger partial charge in [-0.25, -0.2) is 0 Å². The van der Waals surface area contributed by atoms with Crippen molar-refractivity contribution in [2.45, 2.75) is 0 Å². The Morgan fingerprint density at radius 2 is 2.31 bits per heavy atom. The minimum absolute atomic E-state index is 0.115. The van der Waals surface area contributed by atoms with Gasteiger partial charge in [0.1, 0.15) is 0 Å². The van der Waals surface area contributed by atoms with Crippen LogP contribution in [0.5, 0.6) is 0 Å². The Kier molecular flexibility index (Phi) is 2.19. The van der Waals surface area contributed by atoms with Crippen molar-refractivity contribution in [1.82, 2.24) is 4.40 Å². The van der Waals surface area contributed by atoms with E-state index in [0.717, 1.165) is 11.1 Å². The van der Waals surface area contributed by atoms with Crippen LogP contribution in [0, 0.1) is 0 Å². The molecule has 2 aromatic rings. The third-order valence-corrected chi connectivity index (χ3v) is 2.46. The lowest BCUT2D eigenvalue weighted by Gasteiger charge is -1.89. The number of carbonyl (C=O) groups excluding carboxylic acids is 1. The van der Waals surface area contributed by atoms with Crippen LogP contribution in [-0.4, -0.2) is 15.5 Å². The summed E-state index contributed by atoms with van der Waals surface area (Å²) in [6.45, 7) is 0. The third-order valence-electron chi connectivity index (χ3n) is 1.95. The second-order valence-corrected chi connectivity index (χ2v) is 3.38. The number of hydrogen-bond donors (Lipinski definition) is 0. The summed E-state index contributed by atoms with van der Waals surface area (Å²) in [6, 6.07) is 7.77. The molecule has 0 radical (unpaired) electrons. The summed E-state index contributed by atoms with van der Waals surface area (Å²) < 4.78 is 1.94. The Bertz CT molecular complexity index is 414. The molecule has 0 unspecified atom stereocenters. The van der Waals surface area contributed by atoms with Crippen LogP contribution in [0.2, 0.25) is 0 Å². The van der Waals surface area contributed by atoms with E-state index >= 15 is 0 Å². The van der Waals surface area contributed by atoms with Gasteiger partial charge < -0.3 is 4.40 Å². The fraction of sp³-hybridized carbons (Fsp3) is 0.100. The predicted molar refractivity (Wildman–Crippen MR) is 55.5 cm³/mol. The number of fused-ring (bicyclic) bond motifs is 1. The van der Waals surface area contributed by atoms with Crippen molar-refractivity contribution in [3.63, 3.8) is 0 Å². The van der Waals surface area contributed by atoms with E-state index in [1.165, 1.54) is 0 Å². The van der Waals surface area contributed by atoms with Gasteiger partial charge in [-0.15, -0.1) is 0 Å². The number of carbonyl (C=O) groups is 1. The van der Waals surface area contributed by atoms with Gasteiger partial charge in [0.25, 0.3) is 0 Å². The molecule has 0 atom stereocenters. The van der Waals surface area contributed by atoms with Crippen LogP contribution in [0.15, 0.2) is 36.7 Å². The average Bonchev–Trinajstić information content (AvgIpc) is 2.59. The van der Waals surface area contributed by atoms with Crippen LogP contribution in [0.25, 0.3) is 5.52 Å². The lowest BCUT2D eigenvalue weighted by atomic mass is 10.2. The highest BCUT2D eigenvalue weighted by Gasteiger charge is 2.05. The van der Waals surface area contributed by atoms with E-state index < -0.39 is 0 Å². The van der Waals surface area contributed by atoms with E-state index in [1.807, 2.05) is 41.1 Å². The van der Waals surface area contributed by atoms with Crippen molar-refractivity contribution in [2.75, 3.05) is 5.33 Å². The molecule has 0 aliphatic carbocycles. The zero-order chi connectivity index (χ0) is 9.26. The molecule has 0 saturated carbocycles. The van der Waals surface area contributed by atoms with Crippen molar-refractivity contribution in [3.05, 3.63) is 42.2 Å². The monoisotopic (exact) mass is 237 g/mol. The number of halogens is 1. The SMILES string of the molecule is O=C(CBr)c1cc2ccccn2c1. The summed E-state index contributed by atoms with van der Waals surface area (Å²) in [5, 5.41) is 0.379. The smallest absolute Gasteiger partial charge is 0.174 e. The maximum absolute atomic E-state index is 11.3. The minimum atomic E-state index is 0.115. The van der Waals surface area contributed by atoms with Gasteiger partial charge in [-0.1, -0.05) is 22.0 Å². The van der Waals surface area contributed by atoms with E-state index in [9.17, 15) is 4.79 Å². The highest BCUT2D eigenvalue weighted by Crippen LogP contribution is 2.10. The van der Waals surface area contributed by atoms with E-state index in [-0.39, 0.29) is 5.78 Å². The molecule has 66 valence electrons. The predicted octanol–water partition coefficient (Wildman–Crippen LogP) is 2.52. The van der Waals surface area contributed by atoms with Gasteiger partial charge in [0.2, 0.25) is 0 Å². The van der Waals surface area contributed by atoms with E-state index in [0.29, 0.717) is 5.33 Å². The van der Waals surface area contributed by atoms with Crippen LogP contribution in [0.1, 0.15) is 10.4 Å². The first-order valence-corrected chi connectivity index (χ1v) is 5.09. The third kappa shape index (κ3) is 1.52. The van der Waals surface area contributed by atoms with Gasteiger partial charge in [0, 0.05) is 23.5 Å². The summed E-state index contributed by atoms with van der Waals surface area (Å²) in [6.07, 6.45) is 3.78. The van der Waals surface area contributed by atoms with E-state index in [4.69, 9.17) is 0 Å². The minimum Gasteiger partial charge on any atom is -0.323 e. The number of pyridine rings is 1. The number of alkyl halides is 1.